The zero-order valence-corrected chi connectivity index (χ0v) is 13.3. The summed E-state index contributed by atoms with van der Waals surface area (Å²) in [5.74, 6) is -0.654. The van der Waals surface area contributed by atoms with Crippen LogP contribution < -0.4 is 10.8 Å². The molecule has 2 amide bonds. The Hall–Kier alpha value is -2.08. The molecule has 6 nitrogen and oxygen atoms in total. The fourth-order valence-electron chi connectivity index (χ4n) is 1.95. The Morgan fingerprint density at radius 1 is 1.23 bits per heavy atom. The molecule has 0 fully saturated rings. The molecule has 3 N–H and O–H groups in total. The number of carbonyl (C=O) groups is 2. The first-order valence-corrected chi connectivity index (χ1v) is 7.29. The molecule has 0 radical (unpaired) electrons. The second-order valence-corrected chi connectivity index (χ2v) is 6.05. The molecule has 0 saturated carbocycles. The minimum Gasteiger partial charge on any atom is -0.444 e. The number of alkyl carbamates (subject to hydrolysis) is 1. The summed E-state index contributed by atoms with van der Waals surface area (Å²) in [7, 11) is 0. The number of hydroxylamine groups is 1. The molecule has 22 heavy (non-hydrogen) atoms. The summed E-state index contributed by atoms with van der Waals surface area (Å²) in [4.78, 5) is 23.4. The van der Waals surface area contributed by atoms with E-state index in [2.05, 4.69) is 5.32 Å². The highest BCUT2D eigenvalue weighted by atomic mass is 16.6. The number of rotatable bonds is 6. The number of hydrogen-bond acceptors (Lipinski definition) is 4. The van der Waals surface area contributed by atoms with Crippen LogP contribution in [0.3, 0.4) is 0 Å². The molecule has 0 aromatic heterocycles. The van der Waals surface area contributed by atoms with Gasteiger partial charge in [-0.25, -0.2) is 10.3 Å². The van der Waals surface area contributed by atoms with Crippen LogP contribution in [0.1, 0.15) is 39.2 Å². The van der Waals surface area contributed by atoms with Gasteiger partial charge in [-0.2, -0.15) is 0 Å². The average Bonchev–Trinajstić information content (AvgIpc) is 2.44. The number of carbonyl (C=O) groups excluding carboxylic acids is 2. The Labute approximate surface area is 130 Å². The zero-order chi connectivity index (χ0) is 16.6. The van der Waals surface area contributed by atoms with Crippen molar-refractivity contribution in [1.29, 1.82) is 0 Å². The molecule has 1 aromatic carbocycles. The molecule has 0 aliphatic heterocycles. The van der Waals surface area contributed by atoms with Gasteiger partial charge in [0.15, 0.2) is 0 Å². The summed E-state index contributed by atoms with van der Waals surface area (Å²) in [6, 6.07) is 9.02. The van der Waals surface area contributed by atoms with Gasteiger partial charge in [0, 0.05) is 0 Å². The van der Waals surface area contributed by atoms with Gasteiger partial charge in [0.05, 0.1) is 0 Å². The maximum absolute atomic E-state index is 11.7. The third kappa shape index (κ3) is 7.08. The minimum atomic E-state index is -0.830. The summed E-state index contributed by atoms with van der Waals surface area (Å²) in [6.07, 6.45) is 1.20. The maximum Gasteiger partial charge on any atom is 0.408 e. The van der Waals surface area contributed by atoms with E-state index in [9.17, 15) is 9.59 Å². The highest BCUT2D eigenvalue weighted by Crippen LogP contribution is 2.09. The predicted octanol–water partition coefficient (Wildman–Crippen LogP) is 2.41. The molecule has 0 aliphatic rings. The summed E-state index contributed by atoms with van der Waals surface area (Å²) in [5, 5.41) is 11.3. The van der Waals surface area contributed by atoms with Crippen LogP contribution in [-0.4, -0.2) is 28.9 Å². The van der Waals surface area contributed by atoms with Crippen molar-refractivity contribution in [3.8, 4) is 0 Å². The predicted molar refractivity (Wildman–Crippen MR) is 82.5 cm³/mol. The van der Waals surface area contributed by atoms with Gasteiger partial charge in [0.2, 0.25) is 0 Å². The topological polar surface area (TPSA) is 87.7 Å². The van der Waals surface area contributed by atoms with E-state index in [1.54, 1.807) is 26.3 Å². The Balaban J connectivity index is 2.50. The highest BCUT2D eigenvalue weighted by Gasteiger charge is 2.23. The highest BCUT2D eigenvalue weighted by molar-refractivity contribution is 5.84. The van der Waals surface area contributed by atoms with Crippen LogP contribution in [0.25, 0.3) is 0 Å². The standard InChI is InChI=1S/C16H24N2O4/c1-16(2,3)22-15(20)17-13(14(19)18-21)11-7-10-12-8-5-4-6-9-12/h4-6,8-9,13,21H,7,10-11H2,1-3H3,(H,17,20)(H,18,19)/t13-/m0/s1. The lowest BCUT2D eigenvalue weighted by Gasteiger charge is -2.22. The molecule has 0 unspecified atom stereocenters. The van der Waals surface area contributed by atoms with Crippen LogP contribution in [0.5, 0.6) is 0 Å². The van der Waals surface area contributed by atoms with Crippen molar-refractivity contribution in [2.45, 2.75) is 51.7 Å². The van der Waals surface area contributed by atoms with Gasteiger partial charge in [-0.15, -0.1) is 0 Å². The number of benzene rings is 1. The van der Waals surface area contributed by atoms with Gasteiger partial charge in [-0.3, -0.25) is 10.0 Å². The van der Waals surface area contributed by atoms with E-state index in [-0.39, 0.29) is 0 Å². The van der Waals surface area contributed by atoms with Crippen LogP contribution >= 0.6 is 0 Å². The molecule has 0 aliphatic carbocycles. The maximum atomic E-state index is 11.7. The van der Waals surface area contributed by atoms with Crippen molar-refractivity contribution >= 4 is 12.0 Å². The Morgan fingerprint density at radius 2 is 1.86 bits per heavy atom. The monoisotopic (exact) mass is 308 g/mol. The Morgan fingerprint density at radius 3 is 2.41 bits per heavy atom. The van der Waals surface area contributed by atoms with Gasteiger partial charge < -0.3 is 10.1 Å². The van der Waals surface area contributed by atoms with Gasteiger partial charge >= 0.3 is 6.09 Å². The van der Waals surface area contributed by atoms with Gasteiger partial charge in [0.1, 0.15) is 11.6 Å². The van der Waals surface area contributed by atoms with Gasteiger partial charge in [0.25, 0.3) is 5.91 Å². The van der Waals surface area contributed by atoms with Crippen molar-refractivity contribution in [2.24, 2.45) is 0 Å². The first-order valence-electron chi connectivity index (χ1n) is 7.29. The molecular weight excluding hydrogens is 284 g/mol. The lowest BCUT2D eigenvalue weighted by molar-refractivity contribution is -0.131. The fraction of sp³-hybridized carbons (Fsp3) is 0.500. The summed E-state index contributed by atoms with van der Waals surface area (Å²) < 4.78 is 5.12. The van der Waals surface area contributed by atoms with Crippen molar-refractivity contribution in [3.05, 3.63) is 35.9 Å². The van der Waals surface area contributed by atoms with Crippen LogP contribution in [0, 0.1) is 0 Å². The largest absolute Gasteiger partial charge is 0.444 e. The third-order valence-corrected chi connectivity index (χ3v) is 2.92. The Kier molecular flexibility index (Phi) is 6.85. The van der Waals surface area contributed by atoms with E-state index in [0.717, 1.165) is 12.0 Å². The molecule has 0 bridgehead atoms. The van der Waals surface area contributed by atoms with Crippen molar-refractivity contribution in [2.75, 3.05) is 0 Å². The fourth-order valence-corrected chi connectivity index (χ4v) is 1.95. The molecule has 0 saturated heterocycles. The van der Waals surface area contributed by atoms with Crippen LogP contribution in [0.2, 0.25) is 0 Å². The van der Waals surface area contributed by atoms with Crippen LogP contribution in [-0.2, 0) is 16.0 Å². The van der Waals surface area contributed by atoms with E-state index < -0.39 is 23.6 Å². The van der Waals surface area contributed by atoms with E-state index in [1.807, 2.05) is 30.3 Å². The molecular formula is C16H24N2O4. The molecule has 122 valence electrons. The second-order valence-electron chi connectivity index (χ2n) is 6.05. The number of nitrogens with one attached hydrogen (secondary N) is 2. The van der Waals surface area contributed by atoms with Crippen LogP contribution in [0.4, 0.5) is 4.79 Å². The minimum absolute atomic E-state index is 0.403. The molecule has 0 spiro atoms. The summed E-state index contributed by atoms with van der Waals surface area (Å²) in [5.41, 5.74) is 2.08. The smallest absolute Gasteiger partial charge is 0.408 e. The van der Waals surface area contributed by atoms with Gasteiger partial charge in [-0.05, 0) is 45.6 Å². The van der Waals surface area contributed by atoms with E-state index >= 15 is 0 Å². The molecule has 1 rings (SSSR count). The normalized spacial score (nSPS) is 12.4. The molecule has 6 heteroatoms. The molecule has 1 atom stereocenters. The number of ether oxygens (including phenoxy) is 1. The first kappa shape index (κ1) is 18.0. The van der Waals surface area contributed by atoms with Crippen molar-refractivity contribution in [3.63, 3.8) is 0 Å². The van der Waals surface area contributed by atoms with Crippen molar-refractivity contribution in [1.82, 2.24) is 10.8 Å². The first-order chi connectivity index (χ1) is 10.3. The zero-order valence-electron chi connectivity index (χ0n) is 13.3. The van der Waals surface area contributed by atoms with E-state index in [0.29, 0.717) is 12.8 Å². The molecule has 0 heterocycles. The third-order valence-electron chi connectivity index (χ3n) is 2.92. The second kappa shape index (κ2) is 8.38. The quantitative estimate of drug-likeness (QED) is 0.556. The lowest BCUT2D eigenvalue weighted by Crippen LogP contribution is -2.47. The average molecular weight is 308 g/mol. The lowest BCUT2D eigenvalue weighted by atomic mass is 10.0. The number of amides is 2. The SMILES string of the molecule is CC(C)(C)OC(=O)N[C@@H](CCCc1ccccc1)C(=O)NO. The summed E-state index contributed by atoms with van der Waals surface area (Å²) in [6.45, 7) is 5.22. The van der Waals surface area contributed by atoms with E-state index in [4.69, 9.17) is 9.94 Å². The number of hydrogen-bond donors (Lipinski definition) is 3. The molecule has 1 aromatic rings. The van der Waals surface area contributed by atoms with Crippen LogP contribution in [0.15, 0.2) is 30.3 Å². The van der Waals surface area contributed by atoms with E-state index in [1.165, 1.54) is 0 Å². The summed E-state index contributed by atoms with van der Waals surface area (Å²) >= 11 is 0. The Bertz CT molecular complexity index is 483. The number of aryl methyl sites for hydroxylation is 1. The van der Waals surface area contributed by atoms with Gasteiger partial charge in [-0.1, -0.05) is 30.3 Å². The van der Waals surface area contributed by atoms with Crippen molar-refractivity contribution < 1.29 is 19.5 Å².